The van der Waals surface area contributed by atoms with Crippen molar-refractivity contribution in [2.75, 3.05) is 20.2 Å². The molecule has 1 aromatic carbocycles. The van der Waals surface area contributed by atoms with E-state index in [0.717, 1.165) is 29.9 Å². The second kappa shape index (κ2) is 9.53. The van der Waals surface area contributed by atoms with Crippen molar-refractivity contribution in [2.45, 2.75) is 45.7 Å². The molecule has 2 aromatic heterocycles. The molecule has 0 unspecified atom stereocenters. The number of piperidine rings is 1. The van der Waals surface area contributed by atoms with Crippen LogP contribution in [0.5, 0.6) is 5.88 Å². The number of likely N-dealkylation sites (tertiary alicyclic amines) is 1. The van der Waals surface area contributed by atoms with Crippen LogP contribution in [-0.2, 0) is 6.54 Å². The number of aromatic amines is 1. The minimum absolute atomic E-state index is 0.0609. The summed E-state index contributed by atoms with van der Waals surface area (Å²) in [6.45, 7) is 7.72. The van der Waals surface area contributed by atoms with Crippen molar-refractivity contribution in [1.82, 2.24) is 24.1 Å². The predicted octanol–water partition coefficient (Wildman–Crippen LogP) is 3.64. The number of hydrogen-bond acceptors (Lipinski definition) is 6. The quantitative estimate of drug-likeness (QED) is 0.487. The van der Waals surface area contributed by atoms with E-state index >= 15 is 0 Å². The number of ether oxygens (including phenoxy) is 1. The molecule has 4 rings (SSSR count). The Kier molecular flexibility index (Phi) is 6.86. The molecule has 0 saturated carbocycles. The number of H-pyrrole nitrogens is 1. The molecular formula is C23H28BrN5O4S. The second-order valence-corrected chi connectivity index (χ2v) is 10.5. The molecule has 0 aliphatic carbocycles. The maximum atomic E-state index is 13.0. The summed E-state index contributed by atoms with van der Waals surface area (Å²) in [5.74, 6) is 0.385. The van der Waals surface area contributed by atoms with Crippen LogP contribution in [0.4, 0.5) is 0 Å². The number of nitrogens with zero attached hydrogens (tertiary/aromatic N) is 3. The predicted molar refractivity (Wildman–Crippen MR) is 135 cm³/mol. The molecule has 3 heterocycles. The van der Waals surface area contributed by atoms with Gasteiger partial charge in [-0.3, -0.25) is 14.2 Å². The van der Waals surface area contributed by atoms with E-state index in [4.69, 9.17) is 4.74 Å². The van der Waals surface area contributed by atoms with Crippen molar-refractivity contribution < 1.29 is 14.3 Å². The lowest BCUT2D eigenvalue weighted by Gasteiger charge is -2.41. The van der Waals surface area contributed by atoms with Gasteiger partial charge in [0.25, 0.3) is 11.8 Å². The number of amides is 2. The number of rotatable bonds is 6. The maximum Gasteiger partial charge on any atom is 0.326 e. The van der Waals surface area contributed by atoms with Crippen LogP contribution in [0.2, 0.25) is 0 Å². The van der Waals surface area contributed by atoms with Crippen molar-refractivity contribution in [2.24, 2.45) is 5.92 Å². The highest BCUT2D eigenvalue weighted by Crippen LogP contribution is 2.34. The lowest BCUT2D eigenvalue weighted by molar-refractivity contribution is 0.0612. The summed E-state index contributed by atoms with van der Waals surface area (Å²) in [6, 6.07) is 5.27. The van der Waals surface area contributed by atoms with Crippen molar-refractivity contribution in [3.05, 3.63) is 43.6 Å². The topological polar surface area (TPSA) is 109 Å². The molecule has 0 bridgehead atoms. The molecule has 1 aliphatic heterocycles. The van der Waals surface area contributed by atoms with Gasteiger partial charge in [-0.25, -0.2) is 4.79 Å². The molecule has 0 spiro atoms. The fourth-order valence-electron chi connectivity index (χ4n) is 4.56. The minimum atomic E-state index is -0.460. The number of carbonyl (C=O) groups excluding carboxylic acids is 2. The summed E-state index contributed by atoms with van der Waals surface area (Å²) >= 11 is 4.53. The third-order valence-corrected chi connectivity index (χ3v) is 8.40. The summed E-state index contributed by atoms with van der Waals surface area (Å²) in [5.41, 5.74) is 1.29. The van der Waals surface area contributed by atoms with Gasteiger partial charge in [0, 0.05) is 30.7 Å². The third-order valence-electron chi connectivity index (χ3n) is 6.59. The van der Waals surface area contributed by atoms with Gasteiger partial charge in [0.05, 0.1) is 18.1 Å². The fraction of sp³-hybridized carbons (Fsp3) is 0.478. The number of nitrogens with one attached hydrogen (secondary N) is 2. The zero-order valence-corrected chi connectivity index (χ0v) is 22.0. The van der Waals surface area contributed by atoms with Gasteiger partial charge in [0.2, 0.25) is 5.88 Å². The molecule has 1 saturated heterocycles. The van der Waals surface area contributed by atoms with E-state index in [9.17, 15) is 14.4 Å². The smallest absolute Gasteiger partial charge is 0.326 e. The Labute approximate surface area is 209 Å². The third kappa shape index (κ3) is 4.50. The first-order valence-electron chi connectivity index (χ1n) is 11.2. The van der Waals surface area contributed by atoms with Crippen LogP contribution in [0, 0.1) is 5.92 Å². The summed E-state index contributed by atoms with van der Waals surface area (Å²) < 4.78 is 11.5. The van der Waals surface area contributed by atoms with E-state index in [0.29, 0.717) is 45.9 Å². The number of halogens is 1. The number of imidazole rings is 1. The van der Waals surface area contributed by atoms with Gasteiger partial charge < -0.3 is 19.9 Å². The molecule has 2 N–H and O–H groups in total. The Hall–Kier alpha value is -2.66. The first-order chi connectivity index (χ1) is 16.2. The molecule has 3 aromatic rings. The number of hydrogen-bond donors (Lipinski definition) is 2. The average molecular weight is 550 g/mol. The van der Waals surface area contributed by atoms with Crippen LogP contribution in [0.25, 0.3) is 11.0 Å². The second-order valence-electron chi connectivity index (χ2n) is 8.98. The van der Waals surface area contributed by atoms with E-state index in [1.807, 2.05) is 25.7 Å². The summed E-state index contributed by atoms with van der Waals surface area (Å²) in [4.78, 5) is 43.2. The molecule has 1 fully saturated rings. The highest BCUT2D eigenvalue weighted by molar-refractivity contribution is 9.10. The highest BCUT2D eigenvalue weighted by Gasteiger charge is 2.36. The Morgan fingerprint density at radius 1 is 1.32 bits per heavy atom. The summed E-state index contributed by atoms with van der Waals surface area (Å²) in [5, 5.41) is 3.17. The highest BCUT2D eigenvalue weighted by atomic mass is 79.9. The normalized spacial score (nSPS) is 15.0. The Balaban J connectivity index is 1.40. The SMILES string of the molecule is CCn1c(=O)[nH]c2cc(C(=O)NC(C)(C)C3CCN(C(=O)c4snc(OC)c4Br)CC3)ccc21. The molecular weight excluding hydrogens is 522 g/mol. The summed E-state index contributed by atoms with van der Waals surface area (Å²) in [6.07, 6.45) is 1.55. The molecule has 1 aliphatic rings. The number of carbonyl (C=O) groups is 2. The van der Waals surface area contributed by atoms with E-state index in [-0.39, 0.29) is 23.4 Å². The van der Waals surface area contributed by atoms with Crippen molar-refractivity contribution in [3.8, 4) is 5.88 Å². The number of fused-ring (bicyclic) bond motifs is 1. The first-order valence-corrected chi connectivity index (χ1v) is 12.8. The molecule has 0 atom stereocenters. The van der Waals surface area contributed by atoms with Gasteiger partial charge >= 0.3 is 5.69 Å². The maximum absolute atomic E-state index is 13.0. The van der Waals surface area contributed by atoms with Crippen molar-refractivity contribution >= 4 is 50.3 Å². The van der Waals surface area contributed by atoms with Gasteiger partial charge in [0.1, 0.15) is 9.35 Å². The molecule has 9 nitrogen and oxygen atoms in total. The first kappa shape index (κ1) is 24.5. The zero-order valence-electron chi connectivity index (χ0n) is 19.6. The van der Waals surface area contributed by atoms with Gasteiger partial charge in [0.15, 0.2) is 0 Å². The van der Waals surface area contributed by atoms with E-state index in [1.54, 1.807) is 22.8 Å². The van der Waals surface area contributed by atoms with E-state index in [2.05, 4.69) is 30.6 Å². The van der Waals surface area contributed by atoms with Crippen LogP contribution in [0.1, 0.15) is 53.6 Å². The standard InChI is InChI=1S/C23H28BrN5O4S/c1-5-29-16-7-6-13(12-15(16)25-22(29)32)19(30)26-23(2,3)14-8-10-28(11-9-14)21(31)18-17(24)20(33-4)27-34-18/h6-7,12,14H,5,8-11H2,1-4H3,(H,25,32)(H,26,30). The van der Waals surface area contributed by atoms with Crippen LogP contribution < -0.4 is 15.7 Å². The molecule has 11 heteroatoms. The molecule has 182 valence electrons. The Morgan fingerprint density at radius 3 is 2.65 bits per heavy atom. The van der Waals surface area contributed by atoms with E-state index in [1.165, 1.54) is 7.11 Å². The van der Waals surface area contributed by atoms with Gasteiger partial charge in [-0.15, -0.1) is 0 Å². The molecule has 34 heavy (non-hydrogen) atoms. The Morgan fingerprint density at radius 2 is 2.03 bits per heavy atom. The minimum Gasteiger partial charge on any atom is -0.480 e. The molecule has 2 amide bonds. The van der Waals surface area contributed by atoms with Gasteiger partial charge in [-0.2, -0.15) is 4.37 Å². The fourth-order valence-corrected chi connectivity index (χ4v) is 6.03. The number of aromatic nitrogens is 3. The van der Waals surface area contributed by atoms with Crippen LogP contribution in [0.15, 0.2) is 27.5 Å². The zero-order chi connectivity index (χ0) is 24.6. The van der Waals surface area contributed by atoms with Crippen LogP contribution in [0.3, 0.4) is 0 Å². The largest absolute Gasteiger partial charge is 0.480 e. The number of aryl methyl sites for hydroxylation is 1. The van der Waals surface area contributed by atoms with Crippen molar-refractivity contribution in [1.29, 1.82) is 0 Å². The van der Waals surface area contributed by atoms with Crippen LogP contribution in [-0.4, -0.2) is 56.4 Å². The van der Waals surface area contributed by atoms with Crippen LogP contribution >= 0.6 is 27.5 Å². The number of methoxy groups -OCH3 is 1. The van der Waals surface area contributed by atoms with Gasteiger partial charge in [-0.05, 0) is 85.2 Å². The molecule has 0 radical (unpaired) electrons. The summed E-state index contributed by atoms with van der Waals surface area (Å²) in [7, 11) is 1.52. The van der Waals surface area contributed by atoms with Gasteiger partial charge in [-0.1, -0.05) is 0 Å². The number of benzene rings is 1. The monoisotopic (exact) mass is 549 g/mol. The Bertz CT molecular complexity index is 1290. The van der Waals surface area contributed by atoms with E-state index < -0.39 is 5.54 Å². The van der Waals surface area contributed by atoms with Crippen molar-refractivity contribution in [3.63, 3.8) is 0 Å². The lowest BCUT2D eigenvalue weighted by Crippen LogP contribution is -2.53. The lowest BCUT2D eigenvalue weighted by atomic mass is 9.80. The average Bonchev–Trinajstić information content (AvgIpc) is 3.35.